The minimum atomic E-state index is -0.379. The van der Waals surface area contributed by atoms with Crippen LogP contribution in [0.1, 0.15) is 6.92 Å². The van der Waals surface area contributed by atoms with Crippen LogP contribution in [0.4, 0.5) is 5.13 Å². The smallest absolute Gasteiger partial charge is 0.239 e. The molecule has 2 heterocycles. The Morgan fingerprint density at radius 3 is 2.87 bits per heavy atom. The molecule has 23 heavy (non-hydrogen) atoms. The van der Waals surface area contributed by atoms with Crippen molar-refractivity contribution in [3.63, 3.8) is 0 Å². The Bertz CT molecular complexity index is 789. The number of nitrogens with one attached hydrogen (secondary N) is 1. The number of tetrazole rings is 1. The summed E-state index contributed by atoms with van der Waals surface area (Å²) in [5, 5.41) is 17.5. The third-order valence-electron chi connectivity index (χ3n) is 2.83. The first kappa shape index (κ1) is 15.9. The number of nitrogens with zero attached hydrogens (tertiary/aromatic N) is 5. The first-order chi connectivity index (χ1) is 11.1. The predicted octanol–water partition coefficient (Wildman–Crippen LogP) is 2.89. The molecule has 0 radical (unpaired) electrons. The molecule has 2 aromatic heterocycles. The molecule has 0 aliphatic carbocycles. The average molecular weight is 367 g/mol. The topological polar surface area (TPSA) is 85.6 Å². The maximum Gasteiger partial charge on any atom is 0.239 e. The molecule has 0 saturated heterocycles. The first-order valence-corrected chi connectivity index (χ1v) is 8.68. The molecule has 0 aliphatic rings. The van der Waals surface area contributed by atoms with Crippen molar-refractivity contribution in [2.24, 2.45) is 0 Å². The van der Waals surface area contributed by atoms with Gasteiger partial charge in [-0.05, 0) is 41.6 Å². The fourth-order valence-electron chi connectivity index (χ4n) is 1.70. The van der Waals surface area contributed by atoms with Crippen molar-refractivity contribution in [1.29, 1.82) is 0 Å². The molecule has 118 valence electrons. The lowest BCUT2D eigenvalue weighted by Gasteiger charge is -2.10. The molecule has 3 aromatic rings. The van der Waals surface area contributed by atoms with Crippen LogP contribution in [0.25, 0.3) is 5.69 Å². The normalized spacial score (nSPS) is 12.1. The van der Waals surface area contributed by atoms with Crippen LogP contribution in [0.3, 0.4) is 0 Å². The lowest BCUT2D eigenvalue weighted by atomic mass is 10.3. The number of thioether (sulfide) groups is 1. The zero-order valence-corrected chi connectivity index (χ0v) is 14.3. The molecule has 0 spiro atoms. The highest BCUT2D eigenvalue weighted by Gasteiger charge is 2.19. The van der Waals surface area contributed by atoms with Gasteiger partial charge in [0.15, 0.2) is 5.13 Å². The maximum atomic E-state index is 12.2. The van der Waals surface area contributed by atoms with Crippen molar-refractivity contribution < 1.29 is 4.79 Å². The van der Waals surface area contributed by atoms with Gasteiger partial charge < -0.3 is 5.32 Å². The minimum absolute atomic E-state index is 0.157. The van der Waals surface area contributed by atoms with Crippen LogP contribution in [0.5, 0.6) is 0 Å². The number of amides is 1. The van der Waals surface area contributed by atoms with E-state index in [1.807, 2.05) is 12.1 Å². The van der Waals surface area contributed by atoms with Gasteiger partial charge in [-0.3, -0.25) is 4.79 Å². The van der Waals surface area contributed by atoms with Gasteiger partial charge in [0.1, 0.15) is 0 Å². The van der Waals surface area contributed by atoms with E-state index in [4.69, 9.17) is 11.6 Å². The average Bonchev–Trinajstić information content (AvgIpc) is 3.20. The summed E-state index contributed by atoms with van der Waals surface area (Å²) in [6.45, 7) is 1.79. The van der Waals surface area contributed by atoms with Crippen LogP contribution in [0.2, 0.25) is 5.02 Å². The molecule has 1 N–H and O–H groups in total. The van der Waals surface area contributed by atoms with Gasteiger partial charge in [0.05, 0.1) is 10.9 Å². The van der Waals surface area contributed by atoms with Crippen molar-refractivity contribution in [3.8, 4) is 5.69 Å². The summed E-state index contributed by atoms with van der Waals surface area (Å²) in [7, 11) is 0. The largest absolute Gasteiger partial charge is 0.301 e. The lowest BCUT2D eigenvalue weighted by molar-refractivity contribution is -0.115. The third-order valence-corrected chi connectivity index (χ3v) is 4.80. The van der Waals surface area contributed by atoms with Crippen molar-refractivity contribution in [3.05, 3.63) is 40.9 Å². The first-order valence-electron chi connectivity index (χ1n) is 6.55. The maximum absolute atomic E-state index is 12.2. The van der Waals surface area contributed by atoms with Crippen molar-refractivity contribution >= 4 is 45.7 Å². The molecule has 7 nitrogen and oxygen atoms in total. The zero-order valence-electron chi connectivity index (χ0n) is 11.9. The number of thiazole rings is 1. The molecular formula is C13H11ClN6OS2. The Labute approximate surface area is 145 Å². The fourth-order valence-corrected chi connectivity index (χ4v) is 3.17. The summed E-state index contributed by atoms with van der Waals surface area (Å²) < 4.78 is 1.56. The Morgan fingerprint density at radius 1 is 1.39 bits per heavy atom. The second-order valence-electron chi connectivity index (χ2n) is 4.44. The van der Waals surface area contributed by atoms with Crippen LogP contribution in [-0.4, -0.2) is 36.3 Å². The molecular weight excluding hydrogens is 356 g/mol. The Hall–Kier alpha value is -1.97. The van der Waals surface area contributed by atoms with Crippen LogP contribution < -0.4 is 5.32 Å². The molecule has 1 amide bonds. The van der Waals surface area contributed by atoms with Gasteiger partial charge in [-0.1, -0.05) is 23.4 Å². The lowest BCUT2D eigenvalue weighted by Crippen LogP contribution is -2.22. The summed E-state index contributed by atoms with van der Waals surface area (Å²) >= 11 is 8.51. The van der Waals surface area contributed by atoms with Crippen molar-refractivity contribution in [1.82, 2.24) is 25.2 Å². The standard InChI is InChI=1S/C13H11ClN6OS2/c1-8(11(21)16-12-15-6-7-22-12)23-13-17-18-19-20(13)10-4-2-9(14)3-5-10/h2-8H,1H3,(H,15,16,21). The molecule has 10 heteroatoms. The van der Waals surface area contributed by atoms with Crippen molar-refractivity contribution in [2.75, 3.05) is 5.32 Å². The number of halogens is 1. The molecule has 1 unspecified atom stereocenters. The van der Waals surface area contributed by atoms with Crippen molar-refractivity contribution in [2.45, 2.75) is 17.3 Å². The van der Waals surface area contributed by atoms with Crippen LogP contribution >= 0.6 is 34.7 Å². The van der Waals surface area contributed by atoms with Crippen LogP contribution in [0.15, 0.2) is 41.0 Å². The third kappa shape index (κ3) is 3.87. The molecule has 0 saturated carbocycles. The second kappa shape index (κ2) is 7.07. The molecule has 0 bridgehead atoms. The van der Waals surface area contributed by atoms with E-state index in [-0.39, 0.29) is 11.2 Å². The predicted molar refractivity (Wildman–Crippen MR) is 90.2 cm³/mol. The van der Waals surface area contributed by atoms with Gasteiger partial charge in [-0.15, -0.1) is 16.4 Å². The monoisotopic (exact) mass is 366 g/mol. The number of hydrogen-bond donors (Lipinski definition) is 1. The molecule has 0 fully saturated rings. The van der Waals surface area contributed by atoms with Gasteiger partial charge in [0.25, 0.3) is 0 Å². The molecule has 1 aromatic carbocycles. The number of carbonyl (C=O) groups is 1. The summed E-state index contributed by atoms with van der Waals surface area (Å²) in [4.78, 5) is 16.2. The van der Waals surface area contributed by atoms with E-state index in [1.54, 1.807) is 35.3 Å². The van der Waals surface area contributed by atoms with E-state index in [0.29, 0.717) is 15.3 Å². The Morgan fingerprint density at radius 2 is 2.17 bits per heavy atom. The summed E-state index contributed by atoms with van der Waals surface area (Å²) in [5.74, 6) is -0.157. The van der Waals surface area contributed by atoms with E-state index in [9.17, 15) is 4.79 Å². The van der Waals surface area contributed by atoms with Gasteiger partial charge in [0.2, 0.25) is 11.1 Å². The molecule has 3 rings (SSSR count). The number of anilines is 1. The highest BCUT2D eigenvalue weighted by Crippen LogP contribution is 2.24. The molecule has 0 aliphatic heterocycles. The zero-order chi connectivity index (χ0) is 16.2. The second-order valence-corrected chi connectivity index (χ2v) is 7.08. The van der Waals surface area contributed by atoms with E-state index in [0.717, 1.165) is 5.69 Å². The van der Waals surface area contributed by atoms with Crippen LogP contribution in [-0.2, 0) is 4.79 Å². The molecule has 1 atom stereocenters. The highest BCUT2D eigenvalue weighted by atomic mass is 35.5. The van der Waals surface area contributed by atoms with E-state index >= 15 is 0 Å². The number of benzene rings is 1. The van der Waals surface area contributed by atoms with Gasteiger partial charge >= 0.3 is 0 Å². The van der Waals surface area contributed by atoms with Gasteiger partial charge in [0, 0.05) is 16.6 Å². The Kier molecular flexibility index (Phi) is 4.89. The number of aromatic nitrogens is 5. The van der Waals surface area contributed by atoms with E-state index < -0.39 is 0 Å². The number of rotatable bonds is 5. The Balaban J connectivity index is 1.72. The van der Waals surface area contributed by atoms with Crippen LogP contribution in [0, 0.1) is 0 Å². The highest BCUT2D eigenvalue weighted by molar-refractivity contribution is 8.00. The number of hydrogen-bond acceptors (Lipinski definition) is 7. The minimum Gasteiger partial charge on any atom is -0.301 e. The fraction of sp³-hybridized carbons (Fsp3) is 0.154. The van der Waals surface area contributed by atoms with Gasteiger partial charge in [-0.25, -0.2) is 4.98 Å². The SMILES string of the molecule is CC(Sc1nnnn1-c1ccc(Cl)cc1)C(=O)Nc1nccs1. The van der Waals surface area contributed by atoms with Gasteiger partial charge in [-0.2, -0.15) is 4.68 Å². The summed E-state index contributed by atoms with van der Waals surface area (Å²) in [6, 6.07) is 7.13. The summed E-state index contributed by atoms with van der Waals surface area (Å²) in [5.41, 5.74) is 0.773. The van der Waals surface area contributed by atoms with E-state index in [2.05, 4.69) is 25.8 Å². The summed E-state index contributed by atoms with van der Waals surface area (Å²) in [6.07, 6.45) is 1.64. The quantitative estimate of drug-likeness (QED) is 0.699. The number of carbonyl (C=O) groups excluding carboxylic acids is 1. The van der Waals surface area contributed by atoms with E-state index in [1.165, 1.54) is 23.1 Å².